The minimum Gasteiger partial charge on any atom is -0.495 e. The number of halogens is 1. The number of carbonyl (C=O) groups excluding carboxylic acids is 1. The molecule has 2 aliphatic rings. The molecule has 1 aromatic carbocycles. The Balaban J connectivity index is 1.51. The molecule has 0 saturated carbocycles. The van der Waals surface area contributed by atoms with Crippen LogP contribution in [0.1, 0.15) is 39.0 Å². The zero-order chi connectivity index (χ0) is 21.0. The predicted octanol–water partition coefficient (Wildman–Crippen LogP) is 3.37. The minimum atomic E-state index is -3.39. The molecule has 0 bridgehead atoms. The third-order valence-corrected chi connectivity index (χ3v) is 8.15. The SMILES string of the molecule is COc1ccc(Cl)cc1NC(=O)CC1CCN(S(=O)(=O)N2CCC(C)CC2)CC1. The molecule has 2 heterocycles. The first-order valence-corrected chi connectivity index (χ1v) is 12.0. The fourth-order valence-electron chi connectivity index (χ4n) is 3.96. The van der Waals surface area contributed by atoms with Crippen molar-refractivity contribution in [2.75, 3.05) is 38.6 Å². The molecule has 7 nitrogen and oxygen atoms in total. The smallest absolute Gasteiger partial charge is 0.281 e. The van der Waals surface area contributed by atoms with Crippen molar-refractivity contribution in [1.82, 2.24) is 8.61 Å². The zero-order valence-electron chi connectivity index (χ0n) is 17.1. The normalized spacial score (nSPS) is 20.5. The van der Waals surface area contributed by atoms with E-state index in [1.807, 2.05) is 0 Å². The molecule has 2 aliphatic heterocycles. The van der Waals surface area contributed by atoms with Gasteiger partial charge in [-0.2, -0.15) is 17.0 Å². The molecule has 29 heavy (non-hydrogen) atoms. The summed E-state index contributed by atoms with van der Waals surface area (Å²) in [5, 5.41) is 3.38. The van der Waals surface area contributed by atoms with E-state index in [1.165, 1.54) is 7.11 Å². The first-order valence-electron chi connectivity index (χ1n) is 10.2. The van der Waals surface area contributed by atoms with Crippen molar-refractivity contribution < 1.29 is 17.9 Å². The molecule has 1 aromatic rings. The molecule has 0 aliphatic carbocycles. The molecule has 2 fully saturated rings. The van der Waals surface area contributed by atoms with Crippen LogP contribution in [0.15, 0.2) is 18.2 Å². The summed E-state index contributed by atoms with van der Waals surface area (Å²) in [7, 11) is -1.85. The van der Waals surface area contributed by atoms with Crippen LogP contribution in [0.5, 0.6) is 5.75 Å². The number of ether oxygens (including phenoxy) is 1. The van der Waals surface area contributed by atoms with E-state index in [0.29, 0.717) is 67.8 Å². The molecular weight excluding hydrogens is 414 g/mol. The van der Waals surface area contributed by atoms with Crippen molar-refractivity contribution in [2.45, 2.75) is 39.0 Å². The van der Waals surface area contributed by atoms with Crippen molar-refractivity contribution in [3.8, 4) is 5.75 Å². The maximum Gasteiger partial charge on any atom is 0.281 e. The van der Waals surface area contributed by atoms with Crippen molar-refractivity contribution in [3.05, 3.63) is 23.2 Å². The van der Waals surface area contributed by atoms with Gasteiger partial charge in [0.25, 0.3) is 10.2 Å². The summed E-state index contributed by atoms with van der Waals surface area (Å²) in [6, 6.07) is 5.07. The maximum absolute atomic E-state index is 12.9. The number of hydrogen-bond donors (Lipinski definition) is 1. The Labute approximate surface area is 178 Å². The number of piperidine rings is 2. The molecule has 9 heteroatoms. The molecule has 1 N–H and O–H groups in total. The van der Waals surface area contributed by atoms with Gasteiger partial charge in [-0.1, -0.05) is 18.5 Å². The number of nitrogens with zero attached hydrogens (tertiary/aromatic N) is 2. The highest BCUT2D eigenvalue weighted by atomic mass is 35.5. The number of methoxy groups -OCH3 is 1. The van der Waals surface area contributed by atoms with Gasteiger partial charge in [0, 0.05) is 37.6 Å². The Hall–Kier alpha value is -1.35. The second-order valence-electron chi connectivity index (χ2n) is 8.03. The molecule has 3 rings (SSSR count). The lowest BCUT2D eigenvalue weighted by molar-refractivity contribution is -0.117. The fraction of sp³-hybridized carbons (Fsp3) is 0.650. The highest BCUT2D eigenvalue weighted by molar-refractivity contribution is 7.86. The van der Waals surface area contributed by atoms with Crippen molar-refractivity contribution in [3.63, 3.8) is 0 Å². The number of hydrogen-bond acceptors (Lipinski definition) is 4. The van der Waals surface area contributed by atoms with Crippen LogP contribution in [0.3, 0.4) is 0 Å². The summed E-state index contributed by atoms with van der Waals surface area (Å²) in [4.78, 5) is 12.5. The van der Waals surface area contributed by atoms with E-state index in [9.17, 15) is 13.2 Å². The largest absolute Gasteiger partial charge is 0.495 e. The standard InChI is InChI=1S/C20H30ClN3O4S/c1-15-5-9-23(10-6-15)29(26,27)24-11-7-16(8-12-24)13-20(25)22-18-14-17(21)3-4-19(18)28-2/h3-4,14-16H,5-13H2,1-2H3,(H,22,25). The number of nitrogens with one attached hydrogen (secondary N) is 1. The van der Waals surface area contributed by atoms with Crippen LogP contribution in [0.25, 0.3) is 0 Å². The molecule has 0 aromatic heterocycles. The van der Waals surface area contributed by atoms with Crippen molar-refractivity contribution in [1.29, 1.82) is 0 Å². The lowest BCUT2D eigenvalue weighted by Gasteiger charge is -2.37. The molecule has 2 saturated heterocycles. The van der Waals surface area contributed by atoms with E-state index in [4.69, 9.17) is 16.3 Å². The second kappa shape index (κ2) is 9.64. The topological polar surface area (TPSA) is 79.0 Å². The van der Waals surface area contributed by atoms with Gasteiger partial charge in [-0.25, -0.2) is 0 Å². The van der Waals surface area contributed by atoms with Crippen LogP contribution in [0.2, 0.25) is 5.02 Å². The van der Waals surface area contributed by atoms with Crippen LogP contribution >= 0.6 is 11.6 Å². The van der Waals surface area contributed by atoms with E-state index in [-0.39, 0.29) is 11.8 Å². The summed E-state index contributed by atoms with van der Waals surface area (Å²) in [5.74, 6) is 1.19. The van der Waals surface area contributed by atoms with Crippen LogP contribution in [-0.2, 0) is 15.0 Å². The second-order valence-corrected chi connectivity index (χ2v) is 10.4. The first-order chi connectivity index (χ1) is 13.8. The number of rotatable bonds is 6. The fourth-order valence-corrected chi connectivity index (χ4v) is 5.81. The highest BCUT2D eigenvalue weighted by Crippen LogP contribution is 2.30. The summed E-state index contributed by atoms with van der Waals surface area (Å²) in [6.45, 7) is 4.31. The van der Waals surface area contributed by atoms with Crippen LogP contribution in [-0.4, -0.2) is 56.2 Å². The van der Waals surface area contributed by atoms with Gasteiger partial charge in [0.05, 0.1) is 12.8 Å². The van der Waals surface area contributed by atoms with Crippen LogP contribution in [0.4, 0.5) is 5.69 Å². The predicted molar refractivity (Wildman–Crippen MR) is 114 cm³/mol. The molecule has 0 atom stereocenters. The number of anilines is 1. The van der Waals surface area contributed by atoms with Crippen LogP contribution < -0.4 is 10.1 Å². The van der Waals surface area contributed by atoms with Gasteiger partial charge in [0.15, 0.2) is 0 Å². The molecular formula is C20H30ClN3O4S. The van der Waals surface area contributed by atoms with E-state index in [1.54, 1.807) is 26.8 Å². The van der Waals surface area contributed by atoms with E-state index in [2.05, 4.69) is 12.2 Å². The third kappa shape index (κ3) is 5.63. The Morgan fingerprint density at radius 3 is 2.31 bits per heavy atom. The Bertz CT molecular complexity index is 817. The summed E-state index contributed by atoms with van der Waals surface area (Å²) in [5.41, 5.74) is 0.546. The minimum absolute atomic E-state index is 0.114. The number of carbonyl (C=O) groups is 1. The lowest BCUT2D eigenvalue weighted by Crippen LogP contribution is -2.49. The van der Waals surface area contributed by atoms with Gasteiger partial charge in [0.1, 0.15) is 5.75 Å². The van der Waals surface area contributed by atoms with E-state index < -0.39 is 10.2 Å². The van der Waals surface area contributed by atoms with Crippen LogP contribution in [0, 0.1) is 11.8 Å². The van der Waals surface area contributed by atoms with Crippen molar-refractivity contribution >= 4 is 33.4 Å². The molecule has 1 amide bonds. The van der Waals surface area contributed by atoms with E-state index in [0.717, 1.165) is 12.8 Å². The monoisotopic (exact) mass is 443 g/mol. The first kappa shape index (κ1) is 22.3. The molecule has 0 radical (unpaired) electrons. The van der Waals surface area contributed by atoms with Gasteiger partial charge in [-0.3, -0.25) is 4.79 Å². The Morgan fingerprint density at radius 1 is 1.14 bits per heavy atom. The summed E-state index contributed by atoms with van der Waals surface area (Å²) < 4.78 is 34.2. The third-order valence-electron chi connectivity index (χ3n) is 5.88. The molecule has 162 valence electrons. The van der Waals surface area contributed by atoms with Gasteiger partial charge >= 0.3 is 0 Å². The average molecular weight is 444 g/mol. The van der Waals surface area contributed by atoms with Gasteiger partial charge < -0.3 is 10.1 Å². The Kier molecular flexibility index (Phi) is 7.42. The quantitative estimate of drug-likeness (QED) is 0.731. The highest BCUT2D eigenvalue weighted by Gasteiger charge is 2.34. The molecule has 0 spiro atoms. The lowest BCUT2D eigenvalue weighted by atomic mass is 9.94. The van der Waals surface area contributed by atoms with Gasteiger partial charge in [0.2, 0.25) is 5.91 Å². The zero-order valence-corrected chi connectivity index (χ0v) is 18.6. The van der Waals surface area contributed by atoms with Gasteiger partial charge in [-0.15, -0.1) is 0 Å². The Morgan fingerprint density at radius 2 is 1.72 bits per heavy atom. The number of amides is 1. The summed E-state index contributed by atoms with van der Waals surface area (Å²) in [6.07, 6.45) is 3.56. The maximum atomic E-state index is 12.9. The van der Waals surface area contributed by atoms with Crippen molar-refractivity contribution in [2.24, 2.45) is 11.8 Å². The molecule has 0 unspecified atom stereocenters. The average Bonchev–Trinajstić information content (AvgIpc) is 2.69. The number of benzene rings is 1. The summed E-state index contributed by atoms with van der Waals surface area (Å²) >= 11 is 6.01. The van der Waals surface area contributed by atoms with E-state index >= 15 is 0 Å². The van der Waals surface area contributed by atoms with Gasteiger partial charge in [-0.05, 0) is 55.7 Å².